The van der Waals surface area contributed by atoms with Gasteiger partial charge in [0, 0.05) is 49.3 Å². The van der Waals surface area contributed by atoms with E-state index in [2.05, 4.69) is 238 Å². The fourth-order valence-electron chi connectivity index (χ4n) is 11.0. The molecule has 0 fully saturated rings. The number of fused-ring (bicyclic) bond motifs is 17. The molecule has 0 N–H and O–H groups in total. The summed E-state index contributed by atoms with van der Waals surface area (Å²) in [5.41, 5.74) is 20.5. The van der Waals surface area contributed by atoms with Crippen molar-refractivity contribution in [1.82, 2.24) is 13.7 Å². The molecule has 63 heavy (non-hydrogen) atoms. The van der Waals surface area contributed by atoms with E-state index in [9.17, 15) is 0 Å². The molecular weight excluding hydrogens is 763 g/mol. The summed E-state index contributed by atoms with van der Waals surface area (Å²) < 4.78 is 7.36. The molecule has 0 amide bonds. The van der Waals surface area contributed by atoms with Crippen LogP contribution in [0.2, 0.25) is 0 Å². The van der Waals surface area contributed by atoms with Gasteiger partial charge in [-0.05, 0) is 106 Å². The van der Waals surface area contributed by atoms with E-state index in [1.165, 1.54) is 116 Å². The first-order valence-electron chi connectivity index (χ1n) is 21.8. The second-order valence-electron chi connectivity index (χ2n) is 16.8. The topological polar surface area (TPSA) is 14.8 Å². The SMILES string of the molecule is c1ccc2c(c1)-c1cc(-n3c4ccccc4c4cc(-n5c6ccccc6c6ccccc65)ccc43)ccc1-c1cccc(-n3c4ccccc4c4ccccc43)c1-c1ccccc1-2. The number of nitrogens with zero attached hydrogens (tertiary/aromatic N) is 3. The van der Waals surface area contributed by atoms with Crippen molar-refractivity contribution in [3.8, 4) is 61.6 Å². The Balaban J connectivity index is 1.03. The van der Waals surface area contributed by atoms with E-state index in [0.717, 1.165) is 11.4 Å². The van der Waals surface area contributed by atoms with Gasteiger partial charge in [0.15, 0.2) is 0 Å². The summed E-state index contributed by atoms with van der Waals surface area (Å²) in [4.78, 5) is 0. The van der Waals surface area contributed by atoms with Crippen molar-refractivity contribution < 1.29 is 0 Å². The Morgan fingerprint density at radius 2 is 0.571 bits per heavy atom. The molecule has 0 atom stereocenters. The number of hydrogen-bond acceptors (Lipinski definition) is 0. The molecule has 3 heterocycles. The highest BCUT2D eigenvalue weighted by Gasteiger charge is 2.27. The fourth-order valence-corrected chi connectivity index (χ4v) is 11.0. The third-order valence-electron chi connectivity index (χ3n) is 13.6. The maximum atomic E-state index is 2.48. The molecule has 13 aromatic rings. The van der Waals surface area contributed by atoms with Gasteiger partial charge in [-0.3, -0.25) is 0 Å². The monoisotopic (exact) mass is 799 g/mol. The highest BCUT2D eigenvalue weighted by Crippen LogP contribution is 2.51. The van der Waals surface area contributed by atoms with Gasteiger partial charge in [0.25, 0.3) is 0 Å². The van der Waals surface area contributed by atoms with Gasteiger partial charge in [0.05, 0.1) is 38.8 Å². The van der Waals surface area contributed by atoms with Gasteiger partial charge >= 0.3 is 0 Å². The first-order valence-corrected chi connectivity index (χ1v) is 21.8. The molecule has 10 aromatic carbocycles. The highest BCUT2D eigenvalue weighted by atomic mass is 15.0. The fraction of sp³-hybridized carbons (Fsp3) is 0. The van der Waals surface area contributed by atoms with Crippen LogP contribution in [-0.2, 0) is 0 Å². The van der Waals surface area contributed by atoms with Crippen molar-refractivity contribution >= 4 is 65.4 Å². The van der Waals surface area contributed by atoms with Crippen molar-refractivity contribution in [2.45, 2.75) is 0 Å². The Morgan fingerprint density at radius 3 is 1.13 bits per heavy atom. The zero-order valence-corrected chi connectivity index (χ0v) is 34.2. The van der Waals surface area contributed by atoms with E-state index in [1.807, 2.05) is 0 Å². The van der Waals surface area contributed by atoms with Gasteiger partial charge in [0.1, 0.15) is 0 Å². The third-order valence-corrected chi connectivity index (χ3v) is 13.6. The molecule has 0 saturated carbocycles. The molecule has 1 aliphatic carbocycles. The van der Waals surface area contributed by atoms with Crippen molar-refractivity contribution in [3.63, 3.8) is 0 Å². The lowest BCUT2D eigenvalue weighted by atomic mass is 9.80. The molecule has 3 heteroatoms. The van der Waals surface area contributed by atoms with Crippen molar-refractivity contribution in [3.05, 3.63) is 224 Å². The molecule has 0 saturated heterocycles. The Kier molecular flexibility index (Phi) is 7.11. The van der Waals surface area contributed by atoms with Crippen LogP contribution in [-0.4, -0.2) is 13.7 Å². The normalized spacial score (nSPS) is 12.1. The molecule has 0 radical (unpaired) electrons. The second-order valence-corrected chi connectivity index (χ2v) is 16.8. The minimum Gasteiger partial charge on any atom is -0.309 e. The summed E-state index contributed by atoms with van der Waals surface area (Å²) in [5, 5.41) is 7.51. The molecule has 0 bridgehead atoms. The molecular formula is C60H37N3. The molecule has 0 unspecified atom stereocenters. The Hall–Kier alpha value is -8.40. The lowest BCUT2D eigenvalue weighted by Gasteiger charge is -2.26. The lowest BCUT2D eigenvalue weighted by molar-refractivity contribution is 1.16. The summed E-state index contributed by atoms with van der Waals surface area (Å²) >= 11 is 0. The van der Waals surface area contributed by atoms with E-state index < -0.39 is 0 Å². The number of hydrogen-bond donors (Lipinski definition) is 0. The third kappa shape index (κ3) is 4.79. The first kappa shape index (κ1) is 34.3. The molecule has 3 aromatic heterocycles. The van der Waals surface area contributed by atoms with Crippen LogP contribution in [0.15, 0.2) is 224 Å². The predicted molar refractivity (Wildman–Crippen MR) is 265 cm³/mol. The zero-order valence-electron chi connectivity index (χ0n) is 34.2. The molecule has 0 spiro atoms. The van der Waals surface area contributed by atoms with Crippen LogP contribution in [0.25, 0.3) is 127 Å². The van der Waals surface area contributed by atoms with Crippen LogP contribution in [0.5, 0.6) is 0 Å². The van der Waals surface area contributed by atoms with Gasteiger partial charge in [-0.15, -0.1) is 0 Å². The van der Waals surface area contributed by atoms with Gasteiger partial charge < -0.3 is 13.7 Å². The minimum absolute atomic E-state index is 1.13. The van der Waals surface area contributed by atoms with Crippen LogP contribution < -0.4 is 0 Å². The summed E-state index contributed by atoms with van der Waals surface area (Å²) in [6, 6.07) is 83.0. The zero-order chi connectivity index (χ0) is 41.2. The average molecular weight is 800 g/mol. The van der Waals surface area contributed by atoms with E-state index in [-0.39, 0.29) is 0 Å². The van der Waals surface area contributed by atoms with E-state index in [4.69, 9.17) is 0 Å². The van der Waals surface area contributed by atoms with Crippen LogP contribution in [0, 0.1) is 0 Å². The first-order chi connectivity index (χ1) is 31.3. The summed E-state index contributed by atoms with van der Waals surface area (Å²) in [6.07, 6.45) is 0. The van der Waals surface area contributed by atoms with E-state index >= 15 is 0 Å². The largest absolute Gasteiger partial charge is 0.309 e. The Bertz CT molecular complexity index is 3930. The number of rotatable bonds is 3. The van der Waals surface area contributed by atoms with Gasteiger partial charge in [-0.25, -0.2) is 0 Å². The van der Waals surface area contributed by atoms with Crippen LogP contribution in [0.3, 0.4) is 0 Å². The predicted octanol–water partition coefficient (Wildman–Crippen LogP) is 16.0. The molecule has 14 rings (SSSR count). The van der Waals surface area contributed by atoms with Gasteiger partial charge in [-0.2, -0.15) is 0 Å². The molecule has 292 valence electrons. The molecule has 1 aliphatic rings. The number of para-hydroxylation sites is 5. The van der Waals surface area contributed by atoms with Crippen LogP contribution >= 0.6 is 0 Å². The maximum Gasteiger partial charge on any atom is 0.0547 e. The lowest BCUT2D eigenvalue weighted by Crippen LogP contribution is -2.03. The van der Waals surface area contributed by atoms with Crippen LogP contribution in [0.1, 0.15) is 0 Å². The smallest absolute Gasteiger partial charge is 0.0547 e. The number of aromatic nitrogens is 3. The maximum absolute atomic E-state index is 2.48. The summed E-state index contributed by atoms with van der Waals surface area (Å²) in [5.74, 6) is 0. The summed E-state index contributed by atoms with van der Waals surface area (Å²) in [6.45, 7) is 0. The van der Waals surface area contributed by atoms with Gasteiger partial charge in [-0.1, -0.05) is 158 Å². The van der Waals surface area contributed by atoms with Gasteiger partial charge in [0.2, 0.25) is 0 Å². The second kappa shape index (κ2) is 13.1. The standard InChI is InChI=1S/C60H37N3/c1-2-18-42-40(16-1)41-17-3-4-24-49(41)60-50(25-15-31-59(60)63-56-29-13-7-21-46(56)47-22-8-14-30-57(47)63)43-34-32-38(36-51(42)43)62-55-28-12-9-23-48(55)52-37-39(33-35-58(52)62)61-53-26-10-5-19-44(53)45-20-6-11-27-54(45)61/h1-37H. The summed E-state index contributed by atoms with van der Waals surface area (Å²) in [7, 11) is 0. The molecule has 3 nitrogen and oxygen atoms in total. The Morgan fingerprint density at radius 1 is 0.206 bits per heavy atom. The average Bonchev–Trinajstić information content (AvgIpc) is 3.99. The molecule has 0 aliphatic heterocycles. The van der Waals surface area contributed by atoms with Crippen molar-refractivity contribution in [2.75, 3.05) is 0 Å². The van der Waals surface area contributed by atoms with Crippen molar-refractivity contribution in [1.29, 1.82) is 0 Å². The minimum atomic E-state index is 1.13. The van der Waals surface area contributed by atoms with Crippen molar-refractivity contribution in [2.24, 2.45) is 0 Å². The highest BCUT2D eigenvalue weighted by molar-refractivity contribution is 6.14. The Labute approximate surface area is 363 Å². The number of benzene rings is 10. The quantitative estimate of drug-likeness (QED) is 0.169. The van der Waals surface area contributed by atoms with E-state index in [1.54, 1.807) is 0 Å². The van der Waals surface area contributed by atoms with E-state index in [0.29, 0.717) is 0 Å². The van der Waals surface area contributed by atoms with Crippen LogP contribution in [0.4, 0.5) is 0 Å².